The van der Waals surface area contributed by atoms with Crippen molar-refractivity contribution < 1.29 is 0 Å². The van der Waals surface area contributed by atoms with Crippen molar-refractivity contribution in [2.45, 2.75) is 13.0 Å². The molecule has 1 aliphatic rings. The lowest BCUT2D eigenvalue weighted by Crippen LogP contribution is -2.30. The van der Waals surface area contributed by atoms with E-state index >= 15 is 0 Å². The molecule has 0 spiro atoms. The van der Waals surface area contributed by atoms with Crippen LogP contribution in [0, 0.1) is 0 Å². The fourth-order valence-electron chi connectivity index (χ4n) is 3.48. The largest absolute Gasteiger partial charge is 0.375 e. The van der Waals surface area contributed by atoms with Crippen molar-refractivity contribution in [1.82, 2.24) is 14.8 Å². The van der Waals surface area contributed by atoms with E-state index in [2.05, 4.69) is 10.3 Å². The Bertz CT molecular complexity index is 1130. The number of rotatable bonds is 4. The van der Waals surface area contributed by atoms with Gasteiger partial charge in [-0.15, -0.1) is 0 Å². The number of pyridine rings is 1. The third-order valence-corrected chi connectivity index (χ3v) is 5.08. The van der Waals surface area contributed by atoms with E-state index in [0.29, 0.717) is 17.1 Å². The fraction of sp³-hybridized carbons (Fsp3) is 0.182. The van der Waals surface area contributed by atoms with Crippen LogP contribution in [0.2, 0.25) is 5.02 Å². The van der Waals surface area contributed by atoms with Crippen molar-refractivity contribution in [3.63, 3.8) is 0 Å². The Labute approximate surface area is 168 Å². The highest BCUT2D eigenvalue weighted by Crippen LogP contribution is 2.25. The van der Waals surface area contributed by atoms with Gasteiger partial charge in [0, 0.05) is 30.8 Å². The van der Waals surface area contributed by atoms with Gasteiger partial charge in [0.2, 0.25) is 0 Å². The summed E-state index contributed by atoms with van der Waals surface area (Å²) in [5.74, 6) is 0. The van der Waals surface area contributed by atoms with Gasteiger partial charge in [-0.2, -0.15) is 0 Å². The molecule has 4 rings (SSSR count). The first kappa shape index (κ1) is 18.3. The van der Waals surface area contributed by atoms with Crippen molar-refractivity contribution in [2.24, 2.45) is 4.99 Å². The molecule has 1 aromatic heterocycles. The Morgan fingerprint density at radius 3 is 2.68 bits per heavy atom. The number of fused-ring (bicyclic) bond motifs is 1. The number of hydrogen-bond acceptors (Lipinski definition) is 4. The standard InChI is InChI=1S/C22H21ClN4O/c1-15(25-17-12-24-14-26(2)13-17)20-11-16-7-6-10-19(23)21(16)22(28)27(20)18-8-4-3-5-9-18/h3-13,15,25H,14H2,1-2H3/t15-/m0/s1. The van der Waals surface area contributed by atoms with E-state index < -0.39 is 0 Å². The summed E-state index contributed by atoms with van der Waals surface area (Å²) in [7, 11) is 1.97. The van der Waals surface area contributed by atoms with E-state index in [1.165, 1.54) is 0 Å². The lowest BCUT2D eigenvalue weighted by molar-refractivity contribution is 0.457. The molecular weight excluding hydrogens is 372 g/mol. The maximum absolute atomic E-state index is 13.4. The average Bonchev–Trinajstić information content (AvgIpc) is 2.68. The minimum absolute atomic E-state index is 0.124. The molecule has 3 aromatic rings. The summed E-state index contributed by atoms with van der Waals surface area (Å²) >= 11 is 6.36. The van der Waals surface area contributed by atoms with Crippen LogP contribution in [0.5, 0.6) is 0 Å². The number of aliphatic imine (C=N–C) groups is 1. The summed E-state index contributed by atoms with van der Waals surface area (Å²) in [6.45, 7) is 2.68. The van der Waals surface area contributed by atoms with Crippen molar-refractivity contribution >= 4 is 28.6 Å². The second kappa shape index (κ2) is 7.52. The molecule has 2 aromatic carbocycles. The van der Waals surface area contributed by atoms with Gasteiger partial charge in [-0.1, -0.05) is 41.9 Å². The van der Waals surface area contributed by atoms with Crippen LogP contribution in [-0.4, -0.2) is 29.4 Å². The second-order valence-corrected chi connectivity index (χ2v) is 7.32. The van der Waals surface area contributed by atoms with Crippen LogP contribution in [0.3, 0.4) is 0 Å². The number of para-hydroxylation sites is 1. The summed E-state index contributed by atoms with van der Waals surface area (Å²) in [5, 5.41) is 5.28. The molecule has 0 amide bonds. The average molecular weight is 393 g/mol. The molecule has 28 heavy (non-hydrogen) atoms. The topological polar surface area (TPSA) is 49.6 Å². The first-order valence-electron chi connectivity index (χ1n) is 9.12. The normalized spacial score (nSPS) is 14.8. The number of benzene rings is 2. The number of aromatic nitrogens is 1. The Kier molecular flexibility index (Phi) is 4.92. The molecule has 1 atom stereocenters. The summed E-state index contributed by atoms with van der Waals surface area (Å²) in [6.07, 6.45) is 3.83. The van der Waals surface area contributed by atoms with Crippen molar-refractivity contribution in [3.8, 4) is 5.69 Å². The van der Waals surface area contributed by atoms with Crippen LogP contribution in [0.25, 0.3) is 16.5 Å². The van der Waals surface area contributed by atoms with Gasteiger partial charge in [0.25, 0.3) is 5.56 Å². The van der Waals surface area contributed by atoms with Crippen molar-refractivity contribution in [3.05, 3.63) is 87.6 Å². The molecule has 5 nitrogen and oxygen atoms in total. The molecular formula is C22H21ClN4O. The van der Waals surface area contributed by atoms with Crippen LogP contribution in [0.15, 0.2) is 76.3 Å². The second-order valence-electron chi connectivity index (χ2n) is 6.91. The highest BCUT2D eigenvalue weighted by Gasteiger charge is 2.18. The lowest BCUT2D eigenvalue weighted by Gasteiger charge is -2.24. The Hall–Kier alpha value is -3.05. The maximum atomic E-state index is 13.4. The van der Waals surface area contributed by atoms with Gasteiger partial charge in [0.15, 0.2) is 0 Å². The van der Waals surface area contributed by atoms with Crippen molar-refractivity contribution in [1.29, 1.82) is 0 Å². The molecule has 0 saturated carbocycles. The smallest absolute Gasteiger partial charge is 0.264 e. The minimum Gasteiger partial charge on any atom is -0.375 e. The van der Waals surface area contributed by atoms with Gasteiger partial charge in [0.05, 0.1) is 22.1 Å². The number of nitrogens with one attached hydrogen (secondary N) is 1. The summed E-state index contributed by atoms with van der Waals surface area (Å²) in [6, 6.07) is 17.1. The van der Waals surface area contributed by atoms with E-state index in [4.69, 9.17) is 11.6 Å². The molecule has 1 N–H and O–H groups in total. The molecule has 0 bridgehead atoms. The molecule has 0 radical (unpaired) electrons. The van der Waals surface area contributed by atoms with Gasteiger partial charge in [-0.3, -0.25) is 14.4 Å². The zero-order valence-electron chi connectivity index (χ0n) is 15.8. The van der Waals surface area contributed by atoms with E-state index in [0.717, 1.165) is 22.5 Å². The number of nitrogens with zero attached hydrogens (tertiary/aromatic N) is 3. The maximum Gasteiger partial charge on any atom is 0.264 e. The first-order chi connectivity index (χ1) is 13.5. The SMILES string of the molecule is C[C@H](NC1=CN(C)CN=C1)c1cc2cccc(Cl)c2c(=O)n1-c1ccccc1. The third-order valence-electron chi connectivity index (χ3n) is 4.76. The van der Waals surface area contributed by atoms with Crippen LogP contribution in [0.1, 0.15) is 18.7 Å². The molecule has 0 unspecified atom stereocenters. The molecule has 1 aliphatic heterocycles. The predicted molar refractivity (Wildman–Crippen MR) is 115 cm³/mol. The monoisotopic (exact) mass is 392 g/mol. The zero-order chi connectivity index (χ0) is 19.7. The Morgan fingerprint density at radius 2 is 1.93 bits per heavy atom. The van der Waals surface area contributed by atoms with Gasteiger partial charge >= 0.3 is 0 Å². The molecule has 142 valence electrons. The summed E-state index contributed by atoms with van der Waals surface area (Å²) < 4.78 is 1.73. The molecule has 0 aliphatic carbocycles. The van der Waals surface area contributed by atoms with E-state index in [1.807, 2.05) is 79.8 Å². The van der Waals surface area contributed by atoms with E-state index in [1.54, 1.807) is 10.6 Å². The van der Waals surface area contributed by atoms with Crippen LogP contribution >= 0.6 is 11.6 Å². The highest BCUT2D eigenvalue weighted by molar-refractivity contribution is 6.35. The Morgan fingerprint density at radius 1 is 1.14 bits per heavy atom. The summed E-state index contributed by atoms with van der Waals surface area (Å²) in [4.78, 5) is 19.8. The van der Waals surface area contributed by atoms with E-state index in [-0.39, 0.29) is 11.6 Å². The number of allylic oxidation sites excluding steroid dienone is 1. The first-order valence-corrected chi connectivity index (χ1v) is 9.50. The number of hydrogen-bond donors (Lipinski definition) is 1. The van der Waals surface area contributed by atoms with Gasteiger partial charge in [-0.05, 0) is 36.6 Å². The van der Waals surface area contributed by atoms with Gasteiger partial charge in [0.1, 0.15) is 6.67 Å². The van der Waals surface area contributed by atoms with E-state index in [9.17, 15) is 4.79 Å². The molecule has 0 fully saturated rings. The van der Waals surface area contributed by atoms with Crippen molar-refractivity contribution in [2.75, 3.05) is 13.7 Å². The predicted octanol–water partition coefficient (Wildman–Crippen LogP) is 4.11. The zero-order valence-corrected chi connectivity index (χ0v) is 16.5. The highest BCUT2D eigenvalue weighted by atomic mass is 35.5. The van der Waals surface area contributed by atoms with Crippen LogP contribution in [0.4, 0.5) is 0 Å². The van der Waals surface area contributed by atoms with Gasteiger partial charge in [-0.25, -0.2) is 0 Å². The fourth-order valence-corrected chi connectivity index (χ4v) is 3.74. The minimum atomic E-state index is -0.125. The number of halogens is 1. The third kappa shape index (κ3) is 3.41. The molecule has 0 saturated heterocycles. The molecule has 6 heteroatoms. The molecule has 2 heterocycles. The Balaban J connectivity index is 1.89. The van der Waals surface area contributed by atoms with Crippen LogP contribution in [-0.2, 0) is 0 Å². The summed E-state index contributed by atoms with van der Waals surface area (Å²) in [5.41, 5.74) is 2.44. The van der Waals surface area contributed by atoms with Gasteiger partial charge < -0.3 is 10.2 Å². The van der Waals surface area contributed by atoms with Crippen LogP contribution < -0.4 is 10.9 Å². The lowest BCUT2D eigenvalue weighted by atomic mass is 10.1. The quantitative estimate of drug-likeness (QED) is 0.726.